The summed E-state index contributed by atoms with van der Waals surface area (Å²) in [5.41, 5.74) is 0.489. The lowest BCUT2D eigenvalue weighted by molar-refractivity contribution is 0.213. The first-order valence-corrected chi connectivity index (χ1v) is 4.22. The van der Waals surface area contributed by atoms with Crippen LogP contribution in [0.4, 0.5) is 0 Å². The van der Waals surface area contributed by atoms with Crippen molar-refractivity contribution in [3.05, 3.63) is 0 Å². The van der Waals surface area contributed by atoms with E-state index < -0.39 is 0 Å². The van der Waals surface area contributed by atoms with E-state index in [1.807, 2.05) is 0 Å². The average Bonchev–Trinajstić information content (AvgIpc) is 2.11. The summed E-state index contributed by atoms with van der Waals surface area (Å²) in [7, 11) is 0. The molecule has 1 nitrogen and oxygen atoms in total. The average molecular weight is 141 g/mol. The fraction of sp³-hybridized carbons (Fsp3) is 1.00. The Morgan fingerprint density at radius 1 is 1.20 bits per heavy atom. The Morgan fingerprint density at radius 2 is 1.80 bits per heavy atom. The molecular weight excluding hydrogens is 122 g/mol. The van der Waals surface area contributed by atoms with E-state index in [-0.39, 0.29) is 0 Å². The van der Waals surface area contributed by atoms with Gasteiger partial charge in [0.05, 0.1) is 0 Å². The molecule has 1 heterocycles. The zero-order valence-electron chi connectivity index (χ0n) is 7.57. The summed E-state index contributed by atoms with van der Waals surface area (Å²) in [6.07, 6.45) is 0. The van der Waals surface area contributed by atoms with E-state index in [0.29, 0.717) is 5.41 Å². The predicted molar refractivity (Wildman–Crippen MR) is 45.0 cm³/mol. The Bertz CT molecular complexity index is 112. The topological polar surface area (TPSA) is 12.0 Å². The van der Waals surface area contributed by atoms with E-state index in [1.54, 1.807) is 0 Å². The second-order valence-corrected chi connectivity index (χ2v) is 4.61. The van der Waals surface area contributed by atoms with Crippen LogP contribution in [0.2, 0.25) is 0 Å². The largest absolute Gasteiger partial charge is 0.316 e. The molecule has 1 rings (SSSR count). The molecule has 1 N–H and O–H groups in total. The molecule has 0 saturated carbocycles. The van der Waals surface area contributed by atoms with Gasteiger partial charge < -0.3 is 5.32 Å². The van der Waals surface area contributed by atoms with Crippen LogP contribution in [-0.2, 0) is 0 Å². The molecule has 1 aliphatic heterocycles. The van der Waals surface area contributed by atoms with Gasteiger partial charge in [-0.25, -0.2) is 0 Å². The Hall–Kier alpha value is -0.0400. The van der Waals surface area contributed by atoms with E-state index in [4.69, 9.17) is 0 Å². The lowest BCUT2D eigenvalue weighted by atomic mass is 9.76. The van der Waals surface area contributed by atoms with Gasteiger partial charge in [-0.05, 0) is 30.3 Å². The highest BCUT2D eigenvalue weighted by atomic mass is 14.9. The molecule has 60 valence electrons. The molecule has 0 aromatic rings. The maximum absolute atomic E-state index is 3.43. The third-order valence-electron chi connectivity index (χ3n) is 2.63. The van der Waals surface area contributed by atoms with E-state index in [2.05, 4.69) is 33.0 Å². The van der Waals surface area contributed by atoms with E-state index >= 15 is 0 Å². The number of nitrogens with one attached hydrogen (secondary N) is 1. The van der Waals surface area contributed by atoms with Crippen LogP contribution in [-0.4, -0.2) is 13.1 Å². The number of rotatable bonds is 0. The van der Waals surface area contributed by atoms with Gasteiger partial charge in [0.25, 0.3) is 0 Å². The van der Waals surface area contributed by atoms with E-state index in [9.17, 15) is 0 Å². The SMILES string of the molecule is C[C@H]1CNCC1C(C)(C)C. The molecule has 1 saturated heterocycles. The van der Waals surface area contributed by atoms with Gasteiger partial charge in [-0.2, -0.15) is 0 Å². The zero-order chi connectivity index (χ0) is 7.78. The Kier molecular flexibility index (Phi) is 2.04. The third-order valence-corrected chi connectivity index (χ3v) is 2.63. The molecule has 0 aromatic carbocycles. The van der Waals surface area contributed by atoms with Gasteiger partial charge in [0.2, 0.25) is 0 Å². The van der Waals surface area contributed by atoms with Gasteiger partial charge in [-0.15, -0.1) is 0 Å². The van der Waals surface area contributed by atoms with Crippen molar-refractivity contribution in [2.75, 3.05) is 13.1 Å². The van der Waals surface area contributed by atoms with Gasteiger partial charge in [0.15, 0.2) is 0 Å². The molecule has 10 heavy (non-hydrogen) atoms. The van der Waals surface area contributed by atoms with Crippen LogP contribution in [0.3, 0.4) is 0 Å². The predicted octanol–water partition coefficient (Wildman–Crippen LogP) is 1.89. The van der Waals surface area contributed by atoms with Crippen molar-refractivity contribution in [3.8, 4) is 0 Å². The fourth-order valence-electron chi connectivity index (χ4n) is 1.97. The van der Waals surface area contributed by atoms with Crippen molar-refractivity contribution < 1.29 is 0 Å². The van der Waals surface area contributed by atoms with Crippen molar-refractivity contribution in [1.29, 1.82) is 0 Å². The third kappa shape index (κ3) is 1.51. The minimum atomic E-state index is 0.489. The summed E-state index contributed by atoms with van der Waals surface area (Å²) in [4.78, 5) is 0. The normalized spacial score (nSPS) is 34.8. The first-order chi connectivity index (χ1) is 4.52. The highest BCUT2D eigenvalue weighted by molar-refractivity contribution is 4.85. The van der Waals surface area contributed by atoms with Crippen LogP contribution in [0, 0.1) is 17.3 Å². The second-order valence-electron chi connectivity index (χ2n) is 4.61. The smallest absolute Gasteiger partial charge is 0.00124 e. The number of hydrogen-bond donors (Lipinski definition) is 1. The molecule has 1 fully saturated rings. The van der Waals surface area contributed by atoms with E-state index in [1.165, 1.54) is 13.1 Å². The highest BCUT2D eigenvalue weighted by Crippen LogP contribution is 2.33. The molecule has 0 bridgehead atoms. The lowest BCUT2D eigenvalue weighted by Crippen LogP contribution is -2.26. The molecule has 1 unspecified atom stereocenters. The molecule has 0 aromatic heterocycles. The van der Waals surface area contributed by atoms with Crippen LogP contribution in [0.1, 0.15) is 27.7 Å². The first kappa shape index (κ1) is 8.06. The molecular formula is C9H19N. The molecule has 0 aliphatic carbocycles. The minimum Gasteiger partial charge on any atom is -0.316 e. The molecule has 0 spiro atoms. The zero-order valence-corrected chi connectivity index (χ0v) is 7.57. The van der Waals surface area contributed by atoms with Crippen LogP contribution < -0.4 is 5.32 Å². The standard InChI is InChI=1S/C9H19N/c1-7-5-10-6-8(7)9(2,3)4/h7-8,10H,5-6H2,1-4H3/t7-,8?/m0/s1. The summed E-state index contributed by atoms with van der Waals surface area (Å²) in [5, 5.41) is 3.43. The summed E-state index contributed by atoms with van der Waals surface area (Å²) in [6.45, 7) is 11.8. The minimum absolute atomic E-state index is 0.489. The van der Waals surface area contributed by atoms with Crippen molar-refractivity contribution >= 4 is 0 Å². The van der Waals surface area contributed by atoms with Gasteiger partial charge in [-0.1, -0.05) is 27.7 Å². The van der Waals surface area contributed by atoms with Crippen LogP contribution >= 0.6 is 0 Å². The van der Waals surface area contributed by atoms with Gasteiger partial charge in [0, 0.05) is 0 Å². The first-order valence-electron chi connectivity index (χ1n) is 4.22. The van der Waals surface area contributed by atoms with Crippen LogP contribution in [0.25, 0.3) is 0 Å². The molecule has 1 aliphatic rings. The Balaban J connectivity index is 2.55. The van der Waals surface area contributed by atoms with Crippen LogP contribution in [0.5, 0.6) is 0 Å². The maximum atomic E-state index is 3.43. The molecule has 0 amide bonds. The highest BCUT2D eigenvalue weighted by Gasteiger charge is 2.32. The van der Waals surface area contributed by atoms with Gasteiger partial charge >= 0.3 is 0 Å². The van der Waals surface area contributed by atoms with Crippen molar-refractivity contribution in [3.63, 3.8) is 0 Å². The molecule has 2 atom stereocenters. The monoisotopic (exact) mass is 141 g/mol. The molecule has 0 radical (unpaired) electrons. The van der Waals surface area contributed by atoms with Gasteiger partial charge in [0.1, 0.15) is 0 Å². The Morgan fingerprint density at radius 3 is 2.00 bits per heavy atom. The van der Waals surface area contributed by atoms with E-state index in [0.717, 1.165) is 11.8 Å². The van der Waals surface area contributed by atoms with Gasteiger partial charge in [-0.3, -0.25) is 0 Å². The second kappa shape index (κ2) is 2.54. The van der Waals surface area contributed by atoms with Crippen molar-refractivity contribution in [2.24, 2.45) is 17.3 Å². The summed E-state index contributed by atoms with van der Waals surface area (Å²) in [6, 6.07) is 0. The fourth-order valence-corrected chi connectivity index (χ4v) is 1.97. The summed E-state index contributed by atoms with van der Waals surface area (Å²) >= 11 is 0. The molecule has 1 heteroatoms. The quantitative estimate of drug-likeness (QED) is 0.543. The Labute approximate surface area is 64.2 Å². The maximum Gasteiger partial charge on any atom is -0.00124 e. The van der Waals surface area contributed by atoms with Crippen molar-refractivity contribution in [1.82, 2.24) is 5.32 Å². The number of hydrogen-bond acceptors (Lipinski definition) is 1. The van der Waals surface area contributed by atoms with Crippen molar-refractivity contribution in [2.45, 2.75) is 27.7 Å². The summed E-state index contributed by atoms with van der Waals surface area (Å²) in [5.74, 6) is 1.73. The summed E-state index contributed by atoms with van der Waals surface area (Å²) < 4.78 is 0. The lowest BCUT2D eigenvalue weighted by Gasteiger charge is -2.29. The van der Waals surface area contributed by atoms with Crippen LogP contribution in [0.15, 0.2) is 0 Å².